The Hall–Kier alpha value is -4.26. The van der Waals surface area contributed by atoms with Crippen LogP contribution in [0.3, 0.4) is 0 Å². The van der Waals surface area contributed by atoms with E-state index in [1.807, 2.05) is 13.0 Å². The summed E-state index contributed by atoms with van der Waals surface area (Å²) in [5.74, 6) is -0.198. The molecule has 5 rings (SSSR count). The molecule has 0 saturated carbocycles. The first-order valence-electron chi connectivity index (χ1n) is 10.3. The van der Waals surface area contributed by atoms with Crippen molar-refractivity contribution < 1.29 is 18.3 Å². The van der Waals surface area contributed by atoms with Crippen molar-refractivity contribution in [1.82, 2.24) is 4.98 Å². The Balaban J connectivity index is 1.78. The number of ether oxygens (including phenoxy) is 1. The minimum Gasteiger partial charge on any atom is -0.490 e. The van der Waals surface area contributed by atoms with Gasteiger partial charge in [-0.05, 0) is 55.0 Å². The molecule has 1 aliphatic heterocycles. The summed E-state index contributed by atoms with van der Waals surface area (Å²) < 4.78 is 25.4. The zero-order chi connectivity index (χ0) is 23.1. The normalized spacial score (nSPS) is 15.0. The number of rotatable bonds is 5. The second-order valence-electron chi connectivity index (χ2n) is 7.70. The van der Waals surface area contributed by atoms with Gasteiger partial charge in [-0.1, -0.05) is 30.9 Å². The van der Waals surface area contributed by atoms with Gasteiger partial charge in [0.2, 0.25) is 5.76 Å². The molecule has 1 aliphatic rings. The van der Waals surface area contributed by atoms with Crippen LogP contribution in [0.25, 0.3) is 11.0 Å². The summed E-state index contributed by atoms with van der Waals surface area (Å²) in [5.41, 5.74) is 1.17. The molecule has 164 valence electrons. The van der Waals surface area contributed by atoms with Crippen molar-refractivity contribution in [3.63, 3.8) is 0 Å². The summed E-state index contributed by atoms with van der Waals surface area (Å²) in [6.45, 7) is 5.77. The number of amides is 1. The average Bonchev–Trinajstić information content (AvgIpc) is 3.11. The molecular weight excluding hydrogens is 423 g/mol. The van der Waals surface area contributed by atoms with Crippen LogP contribution in [0, 0.1) is 12.7 Å². The lowest BCUT2D eigenvalue weighted by molar-refractivity contribution is 0.0970. The Morgan fingerprint density at radius 3 is 2.76 bits per heavy atom. The van der Waals surface area contributed by atoms with E-state index in [-0.39, 0.29) is 22.3 Å². The Morgan fingerprint density at radius 2 is 1.97 bits per heavy atom. The number of carbonyl (C=O) groups is 1. The molecule has 2 aromatic carbocycles. The highest BCUT2D eigenvalue weighted by Crippen LogP contribution is 2.41. The molecule has 2 aromatic heterocycles. The SMILES string of the molecule is C=CCOc1cccc(C2c3c(oc4ccc(F)cc4c3=O)C(=O)N2c2cccc(C)n2)c1. The van der Waals surface area contributed by atoms with Gasteiger partial charge in [0.15, 0.2) is 5.43 Å². The van der Waals surface area contributed by atoms with Gasteiger partial charge in [-0.15, -0.1) is 0 Å². The fraction of sp³-hybridized carbons (Fsp3) is 0.115. The number of nitrogens with zero attached hydrogens (tertiary/aromatic N) is 2. The summed E-state index contributed by atoms with van der Waals surface area (Å²) in [6, 6.07) is 15.3. The highest BCUT2D eigenvalue weighted by molar-refractivity contribution is 6.10. The molecular formula is C26H19FN2O4. The first-order chi connectivity index (χ1) is 16.0. The third-order valence-corrected chi connectivity index (χ3v) is 5.49. The van der Waals surface area contributed by atoms with Crippen molar-refractivity contribution in [3.8, 4) is 5.75 Å². The van der Waals surface area contributed by atoms with E-state index in [2.05, 4.69) is 11.6 Å². The molecule has 1 atom stereocenters. The quantitative estimate of drug-likeness (QED) is 0.409. The number of benzene rings is 2. The van der Waals surface area contributed by atoms with Crippen molar-refractivity contribution in [3.05, 3.63) is 112 Å². The van der Waals surface area contributed by atoms with E-state index in [1.54, 1.807) is 42.5 Å². The first-order valence-corrected chi connectivity index (χ1v) is 10.3. The second kappa shape index (κ2) is 8.02. The predicted molar refractivity (Wildman–Crippen MR) is 122 cm³/mol. The number of fused-ring (bicyclic) bond motifs is 2. The van der Waals surface area contributed by atoms with E-state index in [4.69, 9.17) is 9.15 Å². The minimum absolute atomic E-state index is 0.0738. The van der Waals surface area contributed by atoms with E-state index in [9.17, 15) is 14.0 Å². The second-order valence-corrected chi connectivity index (χ2v) is 7.70. The van der Waals surface area contributed by atoms with Crippen molar-refractivity contribution in [1.29, 1.82) is 0 Å². The minimum atomic E-state index is -0.821. The molecule has 33 heavy (non-hydrogen) atoms. The van der Waals surface area contributed by atoms with Crippen LogP contribution in [-0.4, -0.2) is 17.5 Å². The van der Waals surface area contributed by atoms with Gasteiger partial charge in [0.25, 0.3) is 5.91 Å². The zero-order valence-electron chi connectivity index (χ0n) is 17.7. The fourth-order valence-electron chi connectivity index (χ4n) is 4.09. The smallest absolute Gasteiger partial charge is 0.296 e. The van der Waals surface area contributed by atoms with Gasteiger partial charge in [-0.2, -0.15) is 0 Å². The number of pyridine rings is 1. The standard InChI is InChI=1S/C26H19FN2O4/c1-3-12-32-18-8-5-7-16(13-18)23-22-24(30)19-14-17(27)10-11-20(19)33-25(22)26(31)29(23)21-9-4-6-15(2)28-21/h3-11,13-14,23H,1,12H2,2H3. The Kier molecular flexibility index (Phi) is 5.01. The van der Waals surface area contributed by atoms with Gasteiger partial charge in [-0.3, -0.25) is 14.5 Å². The molecule has 0 N–H and O–H groups in total. The van der Waals surface area contributed by atoms with Crippen LogP contribution in [0.1, 0.15) is 33.4 Å². The summed E-state index contributed by atoms with van der Waals surface area (Å²) in [5, 5.41) is 0.0738. The van der Waals surface area contributed by atoms with Crippen LogP contribution in [0.2, 0.25) is 0 Å². The van der Waals surface area contributed by atoms with E-state index < -0.39 is 23.2 Å². The number of carbonyl (C=O) groups excluding carboxylic acids is 1. The summed E-state index contributed by atoms with van der Waals surface area (Å²) in [6.07, 6.45) is 1.62. The van der Waals surface area contributed by atoms with Crippen LogP contribution in [0.4, 0.5) is 10.2 Å². The lowest BCUT2D eigenvalue weighted by Crippen LogP contribution is -2.30. The number of aryl methyl sites for hydroxylation is 1. The highest BCUT2D eigenvalue weighted by atomic mass is 19.1. The topological polar surface area (TPSA) is 72.6 Å². The van der Waals surface area contributed by atoms with E-state index in [0.29, 0.717) is 29.4 Å². The molecule has 1 amide bonds. The van der Waals surface area contributed by atoms with Crippen LogP contribution >= 0.6 is 0 Å². The number of hydrogen-bond donors (Lipinski definition) is 0. The third kappa shape index (κ3) is 3.47. The lowest BCUT2D eigenvalue weighted by atomic mass is 9.98. The van der Waals surface area contributed by atoms with Gasteiger partial charge < -0.3 is 9.15 Å². The molecule has 0 bridgehead atoms. The molecule has 1 unspecified atom stereocenters. The monoisotopic (exact) mass is 442 g/mol. The Morgan fingerprint density at radius 1 is 1.15 bits per heavy atom. The Labute approximate surface area is 188 Å². The van der Waals surface area contributed by atoms with E-state index >= 15 is 0 Å². The zero-order valence-corrected chi connectivity index (χ0v) is 17.7. The molecule has 7 heteroatoms. The maximum atomic E-state index is 13.9. The fourth-order valence-corrected chi connectivity index (χ4v) is 4.09. The summed E-state index contributed by atoms with van der Waals surface area (Å²) in [7, 11) is 0. The lowest BCUT2D eigenvalue weighted by Gasteiger charge is -2.24. The van der Waals surface area contributed by atoms with Crippen molar-refractivity contribution >= 4 is 22.7 Å². The van der Waals surface area contributed by atoms with Gasteiger partial charge in [0.1, 0.15) is 29.6 Å². The molecule has 3 heterocycles. The largest absolute Gasteiger partial charge is 0.490 e. The van der Waals surface area contributed by atoms with E-state index in [0.717, 1.165) is 6.07 Å². The van der Waals surface area contributed by atoms with Crippen molar-refractivity contribution in [2.45, 2.75) is 13.0 Å². The average molecular weight is 442 g/mol. The third-order valence-electron chi connectivity index (χ3n) is 5.49. The predicted octanol–water partition coefficient (Wildman–Crippen LogP) is 4.95. The molecule has 0 fully saturated rings. The number of aromatic nitrogens is 1. The van der Waals surface area contributed by atoms with Gasteiger partial charge in [0, 0.05) is 5.69 Å². The molecule has 0 aliphatic carbocycles. The summed E-state index contributed by atoms with van der Waals surface area (Å²) >= 11 is 0. The molecule has 0 radical (unpaired) electrons. The first kappa shape index (κ1) is 20.6. The number of hydrogen-bond acceptors (Lipinski definition) is 5. The molecule has 0 spiro atoms. The number of halogens is 1. The van der Waals surface area contributed by atoms with Crippen LogP contribution < -0.4 is 15.1 Å². The van der Waals surface area contributed by atoms with Crippen LogP contribution in [-0.2, 0) is 0 Å². The van der Waals surface area contributed by atoms with Gasteiger partial charge >= 0.3 is 0 Å². The highest BCUT2D eigenvalue weighted by Gasteiger charge is 2.44. The van der Waals surface area contributed by atoms with E-state index in [1.165, 1.54) is 17.0 Å². The Bertz CT molecular complexity index is 1480. The van der Waals surface area contributed by atoms with Gasteiger partial charge in [-0.25, -0.2) is 9.37 Å². The van der Waals surface area contributed by atoms with Crippen molar-refractivity contribution in [2.24, 2.45) is 0 Å². The van der Waals surface area contributed by atoms with Gasteiger partial charge in [0.05, 0.1) is 17.0 Å². The molecule has 4 aromatic rings. The van der Waals surface area contributed by atoms with Crippen LogP contribution in [0.5, 0.6) is 5.75 Å². The van der Waals surface area contributed by atoms with Crippen molar-refractivity contribution in [2.75, 3.05) is 11.5 Å². The van der Waals surface area contributed by atoms with Crippen LogP contribution in [0.15, 0.2) is 82.5 Å². The summed E-state index contributed by atoms with van der Waals surface area (Å²) in [4.78, 5) is 33.0. The number of anilines is 1. The maximum Gasteiger partial charge on any atom is 0.296 e. The maximum absolute atomic E-state index is 13.9. The molecule has 0 saturated heterocycles. The molecule has 6 nitrogen and oxygen atoms in total.